The van der Waals surface area contributed by atoms with Gasteiger partial charge in [-0.1, -0.05) is 79.1 Å². The molecule has 93 heavy (non-hydrogen) atoms. The molecule has 8 rings (SSSR count). The third-order valence-corrected chi connectivity index (χ3v) is 12.7. The Bertz CT molecular complexity index is 3610. The first-order chi connectivity index (χ1) is 46.7. The molecule has 2 saturated heterocycles. The van der Waals surface area contributed by atoms with Gasteiger partial charge < -0.3 is 62.2 Å². The number of carbonyl (C=O) groups excluding carboxylic acids is 6. The summed E-state index contributed by atoms with van der Waals surface area (Å²) in [5.41, 5.74) is 7.05. The maximum atomic E-state index is 13.0. The largest absolute Gasteiger partial charge is 0.494 e. The second-order valence-electron chi connectivity index (χ2n) is 21.7. The number of anilines is 5. The molecule has 2 fully saturated rings. The van der Waals surface area contributed by atoms with Crippen molar-refractivity contribution in [2.45, 2.75) is 55.4 Å². The number of nitrogens with zero attached hydrogens (tertiary/aromatic N) is 14. The number of urea groups is 3. The summed E-state index contributed by atoms with van der Waals surface area (Å²) < 4.78 is 58.1. The quantitative estimate of drug-likeness (QED) is 0.0181. The maximum Gasteiger partial charge on any atom is 0.325 e. The molecular weight excluding hydrogens is 1260 g/mol. The molecule has 6 aromatic rings. The van der Waals surface area contributed by atoms with Crippen molar-refractivity contribution in [3.63, 3.8) is 0 Å². The number of ether oxygens (including phenoxy) is 2. The van der Waals surface area contributed by atoms with Gasteiger partial charge >= 0.3 is 18.1 Å². The Morgan fingerprint density at radius 1 is 0.720 bits per heavy atom. The molecule has 2 aliphatic rings. The molecule has 8 amide bonds. The first-order valence-electron chi connectivity index (χ1n) is 32.3. The van der Waals surface area contributed by atoms with Gasteiger partial charge in [-0.25, -0.2) is 34.1 Å². The van der Waals surface area contributed by atoms with E-state index >= 15 is 0 Å². The van der Waals surface area contributed by atoms with Crippen molar-refractivity contribution in [2.75, 3.05) is 121 Å². The van der Waals surface area contributed by atoms with Crippen LogP contribution >= 0.6 is 34.8 Å². The number of hydrogen-bond donors (Lipinski definition) is 8. The molecule has 9 N–H and O–H groups in total. The molecule has 2 aromatic carbocycles. The molecule has 30 nitrogen and oxygen atoms in total. The predicted octanol–water partition coefficient (Wildman–Crippen LogP) is 8.07. The molecule has 4 aromatic heterocycles. The maximum absolute atomic E-state index is 13.0. The number of rotatable bonds is 22. The zero-order chi connectivity index (χ0) is 74.2. The fourth-order valence-electron chi connectivity index (χ4n) is 7.94. The third-order valence-electron chi connectivity index (χ3n) is 12.1. The van der Waals surface area contributed by atoms with Crippen LogP contribution in [-0.2, 0) is 18.9 Å². The highest BCUT2D eigenvalue weighted by atomic mass is 35.5. The van der Waals surface area contributed by atoms with Gasteiger partial charge in [-0.05, 0) is 54.5 Å². The van der Waals surface area contributed by atoms with Gasteiger partial charge in [-0.2, -0.15) is 10.2 Å². The lowest BCUT2D eigenvalue weighted by Crippen LogP contribution is -2.38. The van der Waals surface area contributed by atoms with Gasteiger partial charge in [0.25, 0.3) is 11.8 Å². The van der Waals surface area contributed by atoms with Crippen molar-refractivity contribution >= 4 is 99.4 Å². The van der Waals surface area contributed by atoms with Crippen LogP contribution in [0.1, 0.15) is 88.9 Å². The van der Waals surface area contributed by atoms with E-state index in [4.69, 9.17) is 58.2 Å². The SMILES string of the molecule is CC(C)CN.CC(C)CN1CCNC1=O.CC(C)CNC(=O)NCCCl.O=C=NCCCl.[2H]C([2H])([2H])NC(=O)c1nnc(Cl)cc1Nc1cccc(-c2ncn(C)n2)c1OC.[2H]C([2H])([2H])NC(=O)c1nnc(N2CCN(CC(C)C)C2=O)cc1Nc1cccc(-c2ncn(C)n2)c1OC.[HH].[HH].[HH]. The van der Waals surface area contributed by atoms with E-state index in [1.807, 2.05) is 43.2 Å². The van der Waals surface area contributed by atoms with Gasteiger partial charge in [0.2, 0.25) is 6.08 Å². The Morgan fingerprint density at radius 2 is 1.25 bits per heavy atom. The fourth-order valence-corrected chi connectivity index (χ4v) is 8.27. The highest BCUT2D eigenvalue weighted by molar-refractivity contribution is 6.29. The predicted molar refractivity (Wildman–Crippen MR) is 368 cm³/mol. The number of para-hydroxylation sites is 2. The van der Waals surface area contributed by atoms with Gasteiger partial charge in [-0.15, -0.1) is 43.6 Å². The summed E-state index contributed by atoms with van der Waals surface area (Å²) in [7, 11) is 6.45. The number of hydrogen-bond acceptors (Lipinski definition) is 20. The number of alkyl halides is 2. The van der Waals surface area contributed by atoms with Crippen molar-refractivity contribution in [1.82, 2.24) is 86.3 Å². The van der Waals surface area contributed by atoms with Crippen LogP contribution in [-0.4, -0.2) is 201 Å². The van der Waals surface area contributed by atoms with E-state index in [1.54, 1.807) is 77.4 Å². The minimum Gasteiger partial charge on any atom is -0.494 e. The lowest BCUT2D eigenvalue weighted by atomic mass is 10.1. The van der Waals surface area contributed by atoms with Gasteiger partial charge in [0.05, 0.1) is 54.6 Å². The molecule has 514 valence electrons. The van der Waals surface area contributed by atoms with Crippen molar-refractivity contribution in [1.29, 1.82) is 0 Å². The van der Waals surface area contributed by atoms with Crippen LogP contribution in [0.2, 0.25) is 5.15 Å². The number of methoxy groups -OCH3 is 2. The van der Waals surface area contributed by atoms with E-state index in [2.05, 4.69) is 99.8 Å². The van der Waals surface area contributed by atoms with E-state index in [9.17, 15) is 28.8 Å². The molecule has 33 heteroatoms. The molecule has 0 saturated carbocycles. The summed E-state index contributed by atoms with van der Waals surface area (Å²) in [6.07, 6.45) is 4.47. The summed E-state index contributed by atoms with van der Waals surface area (Å²) in [4.78, 5) is 85.8. The number of aliphatic imine (C=N–C) groups is 1. The van der Waals surface area contributed by atoms with E-state index in [-0.39, 0.29) is 56.1 Å². The normalized spacial score (nSPS) is 13.3. The minimum absolute atomic E-state index is 0. The summed E-state index contributed by atoms with van der Waals surface area (Å²) in [5, 5.41) is 42.0. The zero-order valence-corrected chi connectivity index (χ0v) is 56.6. The van der Waals surface area contributed by atoms with Crippen LogP contribution in [0.15, 0.2) is 66.2 Å². The molecular formula is C60H95Cl3N22O8. The van der Waals surface area contributed by atoms with Crippen molar-refractivity contribution in [3.8, 4) is 34.3 Å². The molecule has 0 radical (unpaired) electrons. The van der Waals surface area contributed by atoms with E-state index < -0.39 is 25.8 Å². The van der Waals surface area contributed by atoms with Crippen LogP contribution in [0.3, 0.4) is 0 Å². The van der Waals surface area contributed by atoms with E-state index in [1.165, 1.54) is 37.3 Å². The summed E-state index contributed by atoms with van der Waals surface area (Å²) in [5.74, 6) is 2.86. The lowest BCUT2D eigenvalue weighted by Gasteiger charge is -2.20. The highest BCUT2D eigenvalue weighted by Crippen LogP contribution is 2.39. The molecule has 0 aliphatic carbocycles. The Kier molecular flexibility index (Phi) is 30.5. The zero-order valence-electron chi connectivity index (χ0n) is 60.3. The number of nitrogens with two attached hydrogens (primary N) is 1. The van der Waals surface area contributed by atoms with Crippen LogP contribution < -0.4 is 57.3 Å². The number of aromatic nitrogens is 10. The first-order valence-corrected chi connectivity index (χ1v) is 30.8. The molecule has 0 bridgehead atoms. The van der Waals surface area contributed by atoms with Crippen LogP contribution in [0, 0.1) is 23.7 Å². The Balaban J connectivity index is 0.00000139. The smallest absolute Gasteiger partial charge is 0.325 e. The average molecular weight is 1360 g/mol. The lowest BCUT2D eigenvalue weighted by molar-refractivity contribution is 0.0950. The van der Waals surface area contributed by atoms with Crippen LogP contribution in [0.4, 0.5) is 43.0 Å². The molecule has 0 unspecified atom stereocenters. The third kappa shape index (κ3) is 26.3. The molecule has 0 spiro atoms. The highest BCUT2D eigenvalue weighted by Gasteiger charge is 2.32. The van der Waals surface area contributed by atoms with Gasteiger partial charge in [-0.3, -0.25) is 23.9 Å². The standard InChI is InChI=1S/C23H29N9O3.C16H16ClN7O2.C7H15ClN2O.C7H14N2O.C4H11N.C3H4ClNO.3H2/c1-14(2)12-31-9-10-32(23(31)34)18-11-17(19(28-27-18)22(33)24-3)26-16-8-6-7-15(20(16)35-5)21-25-13-30(4)29-21;1-18-16(25)13-11(7-12(17)21-22-13)20-10-6-4-5-9(14(10)26-3)15-19-8-24(2)23-15;1-6(2)5-10-7(11)9-4-3-8;1-6(2)5-9-4-3-8-7(9)10;1-4(2)3-5;4-1-2-5-3-6;;;/h6-8,11,13-14H,9-10,12H2,1-5H3,(H,24,33)(H,26,27);4-8H,1-3H3,(H,18,25)(H,20,21);6H,3-5H2,1-2H3,(H2,9,10,11);6H,3-5H2,1-2H3,(H,8,10);4H,3,5H2,1-2H3;1-2H2;3*1H/i3D3;1D3;;;;;;;. The molecule has 2 aliphatic heterocycles. The van der Waals surface area contributed by atoms with Crippen molar-refractivity contribution in [2.24, 2.45) is 48.5 Å². The number of amides is 8. The van der Waals surface area contributed by atoms with E-state index in [0.29, 0.717) is 120 Å². The number of nitrogens with one attached hydrogen (secondary N) is 7. The average Bonchev–Trinajstić information content (AvgIpc) is 1.35. The van der Waals surface area contributed by atoms with Crippen molar-refractivity contribution < 1.29 is 50.7 Å². The van der Waals surface area contributed by atoms with E-state index in [0.717, 1.165) is 26.2 Å². The van der Waals surface area contributed by atoms with Crippen LogP contribution in [0.5, 0.6) is 11.5 Å². The van der Waals surface area contributed by atoms with Gasteiger partial charge in [0, 0.05) is 117 Å². The topological polar surface area (TPSA) is 366 Å². The Hall–Kier alpha value is -8.96. The number of benzene rings is 2. The molecule has 6 heterocycles. The second-order valence-corrected chi connectivity index (χ2v) is 22.8. The van der Waals surface area contributed by atoms with Crippen LogP contribution in [0.25, 0.3) is 22.8 Å². The first kappa shape index (κ1) is 68.4. The molecule has 0 atom stereocenters. The Labute approximate surface area is 571 Å². The van der Waals surface area contributed by atoms with Gasteiger partial charge in [0.1, 0.15) is 12.7 Å². The summed E-state index contributed by atoms with van der Waals surface area (Å²) in [6, 6.07) is 13.0. The van der Waals surface area contributed by atoms with Crippen molar-refractivity contribution in [3.05, 3.63) is 77.7 Å². The number of isocyanates is 1. The minimum atomic E-state index is -2.74. The number of halogens is 3. The number of carbonyl (C=O) groups is 5. The Morgan fingerprint density at radius 3 is 1.67 bits per heavy atom. The fraction of sp³-hybridized carbons (Fsp3) is 0.500. The second kappa shape index (κ2) is 41.5. The van der Waals surface area contributed by atoms with Gasteiger partial charge in [0.15, 0.2) is 45.5 Å². The summed E-state index contributed by atoms with van der Waals surface area (Å²) >= 11 is 16.4. The monoisotopic (exact) mass is 1360 g/mol. The summed E-state index contributed by atoms with van der Waals surface area (Å²) in [6.45, 7) is 17.6. The number of aryl methyl sites for hydroxylation is 2.